The van der Waals surface area contributed by atoms with Gasteiger partial charge in [0.1, 0.15) is 24.5 Å². The molecule has 0 N–H and O–H groups in total. The molecule has 3 aromatic carbocycles. The first kappa shape index (κ1) is 32.3. The first-order valence-electron chi connectivity index (χ1n) is 15.7. The Morgan fingerprint density at radius 1 is 0.979 bits per heavy atom. The van der Waals surface area contributed by atoms with Crippen LogP contribution in [0.5, 0.6) is 5.75 Å². The molecular weight excluding hydrogens is 622 g/mol. The van der Waals surface area contributed by atoms with E-state index in [9.17, 15) is 27.3 Å². The molecule has 1 aliphatic carbocycles. The number of amides is 1. The van der Waals surface area contributed by atoms with Crippen molar-refractivity contribution in [3.05, 3.63) is 119 Å². The standard InChI is InChI=1S/C36H34F2N4O4S/c37-33-20-32(18-28(21-39)35(33)38)47(44,45)42-17-16-34(42)36(43)41(23-29-15-14-27(22-40-29)26-10-5-2-6-11-26)30-12-7-13-31(19-30)46-24-25-8-3-1-4-9-25/h1,3-4,7-9,12-15,18-20,22,26,34H,2,5-6,10-11,16-17,23-24H2. The molecule has 0 spiro atoms. The van der Waals surface area contributed by atoms with Crippen molar-refractivity contribution >= 4 is 21.6 Å². The van der Waals surface area contributed by atoms with Crippen molar-refractivity contribution < 1.29 is 26.7 Å². The Hall–Kier alpha value is -4.66. The SMILES string of the molecule is N#Cc1cc(S(=O)(=O)N2CCC2C(=O)N(Cc2ccc(C3CCCCC3)cn2)c2cccc(OCc3ccccc3)c2)cc(F)c1F. The zero-order valence-corrected chi connectivity index (χ0v) is 26.5. The topological polar surface area (TPSA) is 104 Å². The number of ether oxygens (including phenoxy) is 1. The highest BCUT2D eigenvalue weighted by Gasteiger charge is 2.45. The minimum atomic E-state index is -4.43. The van der Waals surface area contributed by atoms with Crippen molar-refractivity contribution in [3.8, 4) is 11.8 Å². The normalized spacial score (nSPS) is 17.0. The van der Waals surface area contributed by atoms with Crippen LogP contribution in [0.2, 0.25) is 0 Å². The van der Waals surface area contributed by atoms with Crippen molar-refractivity contribution in [2.24, 2.45) is 0 Å². The van der Waals surface area contributed by atoms with Crippen LogP contribution in [-0.4, -0.2) is 36.2 Å². The van der Waals surface area contributed by atoms with Crippen LogP contribution >= 0.6 is 0 Å². The number of carbonyl (C=O) groups excluding carboxylic acids is 1. The molecule has 4 aromatic rings. The van der Waals surface area contributed by atoms with E-state index in [4.69, 9.17) is 9.72 Å². The molecule has 242 valence electrons. The lowest BCUT2D eigenvalue weighted by molar-refractivity contribution is -0.125. The Morgan fingerprint density at radius 3 is 2.45 bits per heavy atom. The fourth-order valence-electron chi connectivity index (χ4n) is 6.16. The summed E-state index contributed by atoms with van der Waals surface area (Å²) in [7, 11) is -4.43. The van der Waals surface area contributed by atoms with Gasteiger partial charge in [0.25, 0.3) is 0 Å². The van der Waals surface area contributed by atoms with Gasteiger partial charge in [-0.25, -0.2) is 17.2 Å². The average molecular weight is 657 g/mol. The third-order valence-electron chi connectivity index (χ3n) is 8.87. The van der Waals surface area contributed by atoms with Crippen LogP contribution in [0.4, 0.5) is 14.5 Å². The van der Waals surface area contributed by atoms with Gasteiger partial charge in [-0.3, -0.25) is 9.78 Å². The molecule has 1 amide bonds. The van der Waals surface area contributed by atoms with Crippen molar-refractivity contribution in [2.75, 3.05) is 11.4 Å². The number of aromatic nitrogens is 1. The molecule has 1 saturated carbocycles. The van der Waals surface area contributed by atoms with Gasteiger partial charge in [-0.05, 0) is 66.6 Å². The molecule has 11 heteroatoms. The maximum atomic E-state index is 14.2. The van der Waals surface area contributed by atoms with Crippen LogP contribution in [0.15, 0.2) is 90.0 Å². The second-order valence-electron chi connectivity index (χ2n) is 11.9. The van der Waals surface area contributed by atoms with Crippen LogP contribution in [0, 0.1) is 23.0 Å². The molecule has 2 aliphatic rings. The maximum Gasteiger partial charge on any atom is 0.245 e. The average Bonchev–Trinajstić information content (AvgIpc) is 3.08. The molecule has 0 radical (unpaired) electrons. The molecule has 0 bridgehead atoms. The predicted molar refractivity (Wildman–Crippen MR) is 172 cm³/mol. The van der Waals surface area contributed by atoms with E-state index in [-0.39, 0.29) is 19.5 Å². The number of hydrogen-bond acceptors (Lipinski definition) is 6. The quantitative estimate of drug-likeness (QED) is 0.185. The summed E-state index contributed by atoms with van der Waals surface area (Å²) >= 11 is 0. The molecule has 6 rings (SSSR count). The van der Waals surface area contributed by atoms with Gasteiger partial charge < -0.3 is 9.64 Å². The minimum absolute atomic E-state index is 0.00201. The van der Waals surface area contributed by atoms with Crippen LogP contribution in [-0.2, 0) is 28.0 Å². The van der Waals surface area contributed by atoms with Gasteiger partial charge in [0.2, 0.25) is 15.9 Å². The number of nitrogens with zero attached hydrogens (tertiary/aromatic N) is 4. The summed E-state index contributed by atoms with van der Waals surface area (Å²) in [6, 6.07) is 22.3. The molecule has 2 heterocycles. The van der Waals surface area contributed by atoms with Gasteiger partial charge in [0, 0.05) is 24.5 Å². The smallest absolute Gasteiger partial charge is 0.245 e. The van der Waals surface area contributed by atoms with Crippen molar-refractivity contribution in [2.45, 2.75) is 68.5 Å². The van der Waals surface area contributed by atoms with E-state index in [1.807, 2.05) is 42.6 Å². The highest BCUT2D eigenvalue weighted by Crippen LogP contribution is 2.34. The largest absolute Gasteiger partial charge is 0.489 e. The second kappa shape index (κ2) is 14.0. The van der Waals surface area contributed by atoms with Gasteiger partial charge >= 0.3 is 0 Å². The van der Waals surface area contributed by atoms with Crippen molar-refractivity contribution in [3.63, 3.8) is 0 Å². The second-order valence-corrected chi connectivity index (χ2v) is 13.8. The van der Waals surface area contributed by atoms with Crippen molar-refractivity contribution in [1.29, 1.82) is 5.26 Å². The van der Waals surface area contributed by atoms with Crippen LogP contribution in [0.25, 0.3) is 0 Å². The van der Waals surface area contributed by atoms with Gasteiger partial charge in [-0.15, -0.1) is 0 Å². The van der Waals surface area contributed by atoms with Crippen molar-refractivity contribution in [1.82, 2.24) is 9.29 Å². The molecule has 2 fully saturated rings. The van der Waals surface area contributed by atoms with E-state index in [1.54, 1.807) is 24.3 Å². The Labute approximate surface area is 273 Å². The molecule has 47 heavy (non-hydrogen) atoms. The molecule has 1 atom stereocenters. The Morgan fingerprint density at radius 2 is 1.77 bits per heavy atom. The van der Waals surface area contributed by atoms with Crippen LogP contribution < -0.4 is 9.64 Å². The zero-order valence-electron chi connectivity index (χ0n) is 25.7. The maximum absolute atomic E-state index is 14.2. The third kappa shape index (κ3) is 7.04. The monoisotopic (exact) mass is 656 g/mol. The Balaban J connectivity index is 1.28. The third-order valence-corrected chi connectivity index (χ3v) is 10.8. The Bertz CT molecular complexity index is 1890. The fraction of sp³-hybridized carbons (Fsp3) is 0.306. The molecule has 1 aliphatic heterocycles. The summed E-state index contributed by atoms with van der Waals surface area (Å²) < 4.78 is 62.4. The van der Waals surface area contributed by atoms with Gasteiger partial charge in [0.15, 0.2) is 11.6 Å². The summed E-state index contributed by atoms with van der Waals surface area (Å²) in [6.07, 6.45) is 7.98. The lowest BCUT2D eigenvalue weighted by atomic mass is 9.85. The van der Waals surface area contributed by atoms with Gasteiger partial charge in [0.05, 0.1) is 22.7 Å². The summed E-state index contributed by atoms with van der Waals surface area (Å²) in [6.45, 7) is 0.387. The molecule has 1 unspecified atom stereocenters. The van der Waals surface area contributed by atoms with E-state index in [0.29, 0.717) is 35.7 Å². The summed E-state index contributed by atoms with van der Waals surface area (Å²) in [5.41, 5.74) is 2.52. The number of halogens is 2. The number of carbonyl (C=O) groups is 1. The Kier molecular flexibility index (Phi) is 9.61. The predicted octanol–water partition coefficient (Wildman–Crippen LogP) is 6.85. The van der Waals surface area contributed by atoms with Crippen LogP contribution in [0.3, 0.4) is 0 Å². The molecule has 1 saturated heterocycles. The first-order chi connectivity index (χ1) is 22.7. The van der Waals surface area contributed by atoms with E-state index in [1.165, 1.54) is 35.8 Å². The van der Waals surface area contributed by atoms with E-state index >= 15 is 0 Å². The number of hydrogen-bond donors (Lipinski definition) is 0. The number of sulfonamides is 1. The number of pyridine rings is 1. The zero-order chi connectivity index (χ0) is 33.0. The number of rotatable bonds is 10. The van der Waals surface area contributed by atoms with Crippen LogP contribution in [0.1, 0.15) is 66.8 Å². The number of anilines is 1. The van der Waals surface area contributed by atoms with E-state index in [0.717, 1.165) is 28.8 Å². The van der Waals surface area contributed by atoms with E-state index in [2.05, 4.69) is 6.07 Å². The minimum Gasteiger partial charge on any atom is -0.489 e. The highest BCUT2D eigenvalue weighted by atomic mass is 32.2. The summed E-state index contributed by atoms with van der Waals surface area (Å²) in [4.78, 5) is 19.8. The number of benzene rings is 3. The van der Waals surface area contributed by atoms with Gasteiger partial charge in [-0.1, -0.05) is 61.7 Å². The molecule has 8 nitrogen and oxygen atoms in total. The van der Waals surface area contributed by atoms with Gasteiger partial charge in [-0.2, -0.15) is 9.57 Å². The van der Waals surface area contributed by atoms with E-state index < -0.39 is 44.1 Å². The molecular formula is C36H34F2N4O4S. The first-order valence-corrected chi connectivity index (χ1v) is 17.1. The fourth-order valence-corrected chi connectivity index (χ4v) is 7.82. The lowest BCUT2D eigenvalue weighted by Crippen LogP contribution is -2.59. The summed E-state index contributed by atoms with van der Waals surface area (Å²) in [5.74, 6) is -2.39. The highest BCUT2D eigenvalue weighted by molar-refractivity contribution is 7.89. The number of nitriles is 1. The lowest BCUT2D eigenvalue weighted by Gasteiger charge is -2.41. The molecule has 1 aromatic heterocycles. The summed E-state index contributed by atoms with van der Waals surface area (Å²) in [5, 5.41) is 9.20.